The molecule has 0 fully saturated rings. The molecule has 158 valence electrons. The lowest BCUT2D eigenvalue weighted by Crippen LogP contribution is -2.14. The molecule has 2 aromatic rings. The highest BCUT2D eigenvalue weighted by Crippen LogP contribution is 2.34. The van der Waals surface area contributed by atoms with Crippen LogP contribution in [-0.2, 0) is 19.1 Å². The van der Waals surface area contributed by atoms with Crippen molar-refractivity contribution in [2.45, 2.75) is 0 Å². The molecule has 0 aromatic heterocycles. The van der Waals surface area contributed by atoms with Crippen LogP contribution in [0.1, 0.15) is 0 Å². The standard InChI is InChI=1S/C23H24O7/c1-15(13-26-3)22(24)29-18-8-6-17(7-9-18)20-11-10-19(12-21(20)28-5)30-23(25)16(2)14-27-4/h6-12H,1-2,13-14H2,3-5H3. The molecule has 0 aliphatic rings. The summed E-state index contributed by atoms with van der Waals surface area (Å²) in [5.41, 5.74) is 2.03. The van der Waals surface area contributed by atoms with Gasteiger partial charge in [0.05, 0.1) is 31.5 Å². The van der Waals surface area contributed by atoms with Crippen LogP contribution < -0.4 is 14.2 Å². The molecule has 0 N–H and O–H groups in total. The number of esters is 2. The third-order valence-corrected chi connectivity index (χ3v) is 3.97. The molecule has 0 spiro atoms. The minimum atomic E-state index is -0.576. The number of ether oxygens (including phenoxy) is 5. The summed E-state index contributed by atoms with van der Waals surface area (Å²) in [5.74, 6) is 0.0781. The fourth-order valence-electron chi connectivity index (χ4n) is 2.50. The van der Waals surface area contributed by atoms with E-state index in [1.54, 1.807) is 42.5 Å². The monoisotopic (exact) mass is 412 g/mol. The van der Waals surface area contributed by atoms with E-state index in [0.29, 0.717) is 17.2 Å². The lowest BCUT2D eigenvalue weighted by molar-refractivity contribution is -0.131. The summed E-state index contributed by atoms with van der Waals surface area (Å²) in [6.07, 6.45) is 0. The van der Waals surface area contributed by atoms with Gasteiger partial charge in [0.2, 0.25) is 0 Å². The third-order valence-electron chi connectivity index (χ3n) is 3.97. The Bertz CT molecular complexity index is 929. The number of rotatable bonds is 10. The van der Waals surface area contributed by atoms with Gasteiger partial charge in [-0.3, -0.25) is 0 Å². The van der Waals surface area contributed by atoms with Gasteiger partial charge >= 0.3 is 11.9 Å². The van der Waals surface area contributed by atoms with Crippen molar-refractivity contribution >= 4 is 11.9 Å². The third kappa shape index (κ3) is 6.04. The van der Waals surface area contributed by atoms with Crippen molar-refractivity contribution in [1.82, 2.24) is 0 Å². The number of benzene rings is 2. The molecule has 7 nitrogen and oxygen atoms in total. The summed E-state index contributed by atoms with van der Waals surface area (Å²) in [6, 6.07) is 11.9. The molecule has 0 unspecified atom stereocenters. The van der Waals surface area contributed by atoms with E-state index in [4.69, 9.17) is 23.7 Å². The van der Waals surface area contributed by atoms with Gasteiger partial charge in [-0.05, 0) is 29.8 Å². The summed E-state index contributed by atoms with van der Waals surface area (Å²) in [4.78, 5) is 23.9. The molecular weight excluding hydrogens is 388 g/mol. The largest absolute Gasteiger partial charge is 0.496 e. The van der Waals surface area contributed by atoms with Gasteiger partial charge in [0.15, 0.2) is 0 Å². The quantitative estimate of drug-likeness (QED) is 0.335. The lowest BCUT2D eigenvalue weighted by atomic mass is 10.0. The fraction of sp³-hybridized carbons (Fsp3) is 0.217. The molecule has 0 atom stereocenters. The van der Waals surface area contributed by atoms with Crippen LogP contribution in [0.2, 0.25) is 0 Å². The van der Waals surface area contributed by atoms with Crippen molar-refractivity contribution in [1.29, 1.82) is 0 Å². The van der Waals surface area contributed by atoms with Crippen molar-refractivity contribution in [2.75, 3.05) is 34.5 Å². The number of carbonyl (C=O) groups is 2. The van der Waals surface area contributed by atoms with Crippen LogP contribution in [0.3, 0.4) is 0 Å². The van der Waals surface area contributed by atoms with Crippen LogP contribution >= 0.6 is 0 Å². The first kappa shape index (κ1) is 22.9. The van der Waals surface area contributed by atoms with Crippen molar-refractivity contribution < 1.29 is 33.3 Å². The van der Waals surface area contributed by atoms with Gasteiger partial charge in [-0.1, -0.05) is 25.3 Å². The predicted octanol–water partition coefficient (Wildman–Crippen LogP) is 3.58. The Hall–Kier alpha value is -3.42. The number of carbonyl (C=O) groups excluding carboxylic acids is 2. The van der Waals surface area contributed by atoms with E-state index < -0.39 is 11.9 Å². The second-order valence-electron chi connectivity index (χ2n) is 6.24. The van der Waals surface area contributed by atoms with Gasteiger partial charge < -0.3 is 23.7 Å². The van der Waals surface area contributed by atoms with Gasteiger partial charge in [-0.25, -0.2) is 9.59 Å². The Kier molecular flexibility index (Phi) is 8.34. The summed E-state index contributed by atoms with van der Waals surface area (Å²) in [7, 11) is 4.47. The zero-order valence-electron chi connectivity index (χ0n) is 17.2. The SMILES string of the molecule is C=C(COC)C(=O)Oc1ccc(-c2ccc(OC(=O)C(=C)COC)cc2OC)cc1. The summed E-state index contributed by atoms with van der Waals surface area (Å²) in [5, 5.41) is 0. The van der Waals surface area contributed by atoms with Crippen LogP contribution in [0.25, 0.3) is 11.1 Å². The predicted molar refractivity (Wildman–Crippen MR) is 112 cm³/mol. The van der Waals surface area contributed by atoms with Gasteiger partial charge in [0.25, 0.3) is 0 Å². The Balaban J connectivity index is 2.15. The molecule has 0 aliphatic carbocycles. The first-order chi connectivity index (χ1) is 14.4. The summed E-state index contributed by atoms with van der Waals surface area (Å²) >= 11 is 0. The minimum Gasteiger partial charge on any atom is -0.496 e. The van der Waals surface area contributed by atoms with Crippen molar-refractivity contribution in [3.8, 4) is 28.4 Å². The van der Waals surface area contributed by atoms with Crippen LogP contribution in [0, 0.1) is 0 Å². The molecule has 0 heterocycles. The van der Waals surface area contributed by atoms with Gasteiger partial charge in [0, 0.05) is 25.8 Å². The van der Waals surface area contributed by atoms with Gasteiger partial charge in [-0.15, -0.1) is 0 Å². The normalized spacial score (nSPS) is 10.2. The van der Waals surface area contributed by atoms with E-state index in [-0.39, 0.29) is 24.4 Å². The zero-order chi connectivity index (χ0) is 22.1. The van der Waals surface area contributed by atoms with Crippen molar-refractivity contribution in [3.05, 3.63) is 66.8 Å². The topological polar surface area (TPSA) is 80.3 Å². The maximum Gasteiger partial charge on any atom is 0.341 e. The van der Waals surface area contributed by atoms with E-state index in [0.717, 1.165) is 11.1 Å². The first-order valence-corrected chi connectivity index (χ1v) is 8.95. The van der Waals surface area contributed by atoms with Crippen molar-refractivity contribution in [2.24, 2.45) is 0 Å². The second kappa shape index (κ2) is 10.9. The van der Waals surface area contributed by atoms with E-state index in [1.807, 2.05) is 0 Å². The highest BCUT2D eigenvalue weighted by Gasteiger charge is 2.14. The molecule has 0 radical (unpaired) electrons. The van der Waals surface area contributed by atoms with Crippen LogP contribution in [0.4, 0.5) is 0 Å². The number of methoxy groups -OCH3 is 3. The minimum absolute atomic E-state index is 0.0871. The van der Waals surface area contributed by atoms with Gasteiger partial charge in [0.1, 0.15) is 17.2 Å². The van der Waals surface area contributed by atoms with E-state index in [1.165, 1.54) is 21.3 Å². The molecule has 0 bridgehead atoms. The molecule has 0 amide bonds. The van der Waals surface area contributed by atoms with E-state index >= 15 is 0 Å². The maximum absolute atomic E-state index is 12.0. The molecule has 2 rings (SSSR count). The molecule has 2 aromatic carbocycles. The lowest BCUT2D eigenvalue weighted by Gasteiger charge is -2.12. The summed E-state index contributed by atoms with van der Waals surface area (Å²) in [6.45, 7) is 7.42. The highest BCUT2D eigenvalue weighted by atomic mass is 16.5. The Labute approximate surface area is 175 Å². The zero-order valence-corrected chi connectivity index (χ0v) is 17.2. The molecule has 7 heteroatoms. The van der Waals surface area contributed by atoms with Crippen molar-refractivity contribution in [3.63, 3.8) is 0 Å². The smallest absolute Gasteiger partial charge is 0.341 e. The average molecular weight is 412 g/mol. The number of hydrogen-bond donors (Lipinski definition) is 0. The average Bonchev–Trinajstić information content (AvgIpc) is 2.74. The first-order valence-electron chi connectivity index (χ1n) is 8.95. The van der Waals surface area contributed by atoms with Crippen LogP contribution in [0.5, 0.6) is 17.2 Å². The van der Waals surface area contributed by atoms with Crippen LogP contribution in [0.15, 0.2) is 66.8 Å². The van der Waals surface area contributed by atoms with E-state index in [9.17, 15) is 9.59 Å². The molecular formula is C23H24O7. The van der Waals surface area contributed by atoms with Gasteiger partial charge in [-0.2, -0.15) is 0 Å². The molecule has 0 aliphatic heterocycles. The summed E-state index contributed by atoms with van der Waals surface area (Å²) < 4.78 is 25.7. The molecule has 0 saturated carbocycles. The Morgan fingerprint density at radius 3 is 1.77 bits per heavy atom. The number of hydrogen-bond acceptors (Lipinski definition) is 7. The Morgan fingerprint density at radius 2 is 1.27 bits per heavy atom. The van der Waals surface area contributed by atoms with E-state index in [2.05, 4.69) is 13.2 Å². The molecule has 30 heavy (non-hydrogen) atoms. The Morgan fingerprint density at radius 1 is 0.767 bits per heavy atom. The fourth-order valence-corrected chi connectivity index (χ4v) is 2.50. The maximum atomic E-state index is 12.0. The highest BCUT2D eigenvalue weighted by molar-refractivity contribution is 5.90. The molecule has 0 saturated heterocycles. The van der Waals surface area contributed by atoms with Crippen LogP contribution in [-0.4, -0.2) is 46.5 Å². The second-order valence-corrected chi connectivity index (χ2v) is 6.24.